The van der Waals surface area contributed by atoms with Crippen LogP contribution in [0.25, 0.3) is 0 Å². The molecule has 1 aromatic carbocycles. The molecule has 0 aromatic heterocycles. The minimum absolute atomic E-state index is 0.0437. The Labute approximate surface area is 95.4 Å². The van der Waals surface area contributed by atoms with Crippen LogP contribution in [0.4, 0.5) is 4.39 Å². The van der Waals surface area contributed by atoms with Crippen molar-refractivity contribution in [2.45, 2.75) is 13.0 Å². The first-order valence-electron chi connectivity index (χ1n) is 4.42. The minimum Gasteiger partial charge on any atom is -0.394 e. The average Bonchev–Trinajstić information content (AvgIpc) is 2.17. The molecule has 0 aliphatic heterocycles. The zero-order valence-corrected chi connectivity index (χ0v) is 9.71. The predicted octanol–water partition coefficient (Wildman–Crippen LogP) is 1.70. The fraction of sp³-hybridized carbons (Fsp3) is 0.300. The van der Waals surface area contributed by atoms with Gasteiger partial charge in [0.2, 0.25) is 0 Å². The number of rotatable bonds is 3. The molecular weight excluding hydrogens is 265 g/mol. The van der Waals surface area contributed by atoms with E-state index in [4.69, 9.17) is 5.11 Å². The maximum Gasteiger partial charge on any atom is 0.255 e. The summed E-state index contributed by atoms with van der Waals surface area (Å²) in [5.41, 5.74) is -0.0437. The second kappa shape index (κ2) is 5.23. The molecule has 0 saturated heterocycles. The Morgan fingerprint density at radius 2 is 2.33 bits per heavy atom. The highest BCUT2D eigenvalue weighted by Crippen LogP contribution is 2.19. The number of nitrogens with one attached hydrogen (secondary N) is 1. The smallest absolute Gasteiger partial charge is 0.255 e. The van der Waals surface area contributed by atoms with Crippen LogP contribution in [0.15, 0.2) is 22.7 Å². The van der Waals surface area contributed by atoms with Crippen molar-refractivity contribution in [1.82, 2.24) is 5.32 Å². The number of hydrogen-bond donors (Lipinski definition) is 2. The van der Waals surface area contributed by atoms with Crippen molar-refractivity contribution in [2.75, 3.05) is 6.61 Å². The van der Waals surface area contributed by atoms with Gasteiger partial charge in [-0.05, 0) is 35.0 Å². The SMILES string of the molecule is C[C@H](CO)NC(=O)c1c(F)cccc1Br. The monoisotopic (exact) mass is 275 g/mol. The van der Waals surface area contributed by atoms with Gasteiger partial charge < -0.3 is 10.4 Å². The Hall–Kier alpha value is -0.940. The van der Waals surface area contributed by atoms with Gasteiger partial charge in [0.25, 0.3) is 5.91 Å². The molecule has 15 heavy (non-hydrogen) atoms. The van der Waals surface area contributed by atoms with Gasteiger partial charge in [0, 0.05) is 10.5 Å². The van der Waals surface area contributed by atoms with Crippen LogP contribution < -0.4 is 5.32 Å². The maximum absolute atomic E-state index is 13.3. The van der Waals surface area contributed by atoms with E-state index >= 15 is 0 Å². The van der Waals surface area contributed by atoms with E-state index in [-0.39, 0.29) is 12.2 Å². The summed E-state index contributed by atoms with van der Waals surface area (Å²) in [7, 11) is 0. The Balaban J connectivity index is 2.91. The quantitative estimate of drug-likeness (QED) is 0.882. The van der Waals surface area contributed by atoms with Gasteiger partial charge in [-0.3, -0.25) is 4.79 Å². The second-order valence-electron chi connectivity index (χ2n) is 3.15. The number of carbonyl (C=O) groups excluding carboxylic acids is 1. The van der Waals surface area contributed by atoms with Gasteiger partial charge in [-0.1, -0.05) is 6.07 Å². The lowest BCUT2D eigenvalue weighted by atomic mass is 10.2. The molecule has 0 aliphatic rings. The van der Waals surface area contributed by atoms with Crippen molar-refractivity contribution in [3.63, 3.8) is 0 Å². The molecule has 82 valence electrons. The van der Waals surface area contributed by atoms with Crippen LogP contribution in [0, 0.1) is 5.82 Å². The van der Waals surface area contributed by atoms with Gasteiger partial charge in [0.1, 0.15) is 5.82 Å². The topological polar surface area (TPSA) is 49.3 Å². The van der Waals surface area contributed by atoms with Crippen molar-refractivity contribution in [3.8, 4) is 0 Å². The summed E-state index contributed by atoms with van der Waals surface area (Å²) < 4.78 is 13.7. The lowest BCUT2D eigenvalue weighted by Gasteiger charge is -2.12. The van der Waals surface area contributed by atoms with Crippen molar-refractivity contribution < 1.29 is 14.3 Å². The lowest BCUT2D eigenvalue weighted by Crippen LogP contribution is -2.35. The van der Waals surface area contributed by atoms with Gasteiger partial charge in [-0.2, -0.15) is 0 Å². The Kier molecular flexibility index (Phi) is 4.23. The number of hydrogen-bond acceptors (Lipinski definition) is 2. The number of aliphatic hydroxyl groups excluding tert-OH is 1. The summed E-state index contributed by atoms with van der Waals surface area (Å²) in [4.78, 5) is 11.6. The van der Waals surface area contributed by atoms with Crippen LogP contribution in [0.2, 0.25) is 0 Å². The van der Waals surface area contributed by atoms with Crippen LogP contribution in [-0.4, -0.2) is 23.7 Å². The molecule has 0 bridgehead atoms. The Morgan fingerprint density at radius 3 is 2.87 bits per heavy atom. The number of halogens is 2. The standard InChI is InChI=1S/C10H11BrFNO2/c1-6(5-14)13-10(15)9-7(11)3-2-4-8(9)12/h2-4,6,14H,5H2,1H3,(H,13,15)/t6-/m1/s1. The molecule has 0 spiro atoms. The minimum atomic E-state index is -0.591. The third-order valence-electron chi connectivity index (χ3n) is 1.84. The summed E-state index contributed by atoms with van der Waals surface area (Å²) in [6, 6.07) is 3.90. The van der Waals surface area contributed by atoms with Gasteiger partial charge in [-0.25, -0.2) is 4.39 Å². The fourth-order valence-electron chi connectivity index (χ4n) is 1.06. The summed E-state index contributed by atoms with van der Waals surface area (Å²) in [5, 5.41) is 11.2. The van der Waals surface area contributed by atoms with Gasteiger partial charge >= 0.3 is 0 Å². The summed E-state index contributed by atoms with van der Waals surface area (Å²) in [5.74, 6) is -1.13. The molecule has 1 aromatic rings. The highest BCUT2D eigenvalue weighted by molar-refractivity contribution is 9.10. The van der Waals surface area contributed by atoms with Crippen LogP contribution in [-0.2, 0) is 0 Å². The fourth-order valence-corrected chi connectivity index (χ4v) is 1.58. The van der Waals surface area contributed by atoms with Crippen LogP contribution >= 0.6 is 15.9 Å². The van der Waals surface area contributed by atoms with Gasteiger partial charge in [-0.15, -0.1) is 0 Å². The Morgan fingerprint density at radius 1 is 1.67 bits per heavy atom. The predicted molar refractivity (Wildman–Crippen MR) is 58.1 cm³/mol. The van der Waals surface area contributed by atoms with E-state index in [0.717, 1.165) is 0 Å². The van der Waals surface area contributed by atoms with Crippen LogP contribution in [0.1, 0.15) is 17.3 Å². The molecule has 0 aliphatic carbocycles. The lowest BCUT2D eigenvalue weighted by molar-refractivity contribution is 0.0917. The number of carbonyl (C=O) groups is 1. The summed E-state index contributed by atoms with van der Waals surface area (Å²) in [6.07, 6.45) is 0. The largest absolute Gasteiger partial charge is 0.394 e. The summed E-state index contributed by atoms with van der Waals surface area (Å²) in [6.45, 7) is 1.45. The molecule has 0 saturated carbocycles. The highest BCUT2D eigenvalue weighted by atomic mass is 79.9. The van der Waals surface area contributed by atoms with E-state index < -0.39 is 17.8 Å². The zero-order valence-electron chi connectivity index (χ0n) is 8.13. The van der Waals surface area contributed by atoms with E-state index in [9.17, 15) is 9.18 Å². The van der Waals surface area contributed by atoms with Gasteiger partial charge in [0.05, 0.1) is 12.2 Å². The van der Waals surface area contributed by atoms with E-state index in [1.165, 1.54) is 12.1 Å². The van der Waals surface area contributed by atoms with Crippen molar-refractivity contribution in [2.24, 2.45) is 0 Å². The summed E-state index contributed by atoms with van der Waals surface area (Å²) >= 11 is 3.10. The molecular formula is C10H11BrFNO2. The van der Waals surface area contributed by atoms with E-state index in [2.05, 4.69) is 21.2 Å². The Bertz CT molecular complexity index is 350. The molecule has 0 fully saturated rings. The molecule has 0 heterocycles. The number of aliphatic hydroxyl groups is 1. The highest BCUT2D eigenvalue weighted by Gasteiger charge is 2.16. The van der Waals surface area contributed by atoms with Crippen molar-refractivity contribution in [3.05, 3.63) is 34.1 Å². The second-order valence-corrected chi connectivity index (χ2v) is 4.01. The molecule has 3 nitrogen and oxygen atoms in total. The third-order valence-corrected chi connectivity index (χ3v) is 2.50. The molecule has 1 rings (SSSR count). The molecule has 1 amide bonds. The average molecular weight is 276 g/mol. The normalized spacial score (nSPS) is 12.3. The third kappa shape index (κ3) is 3.00. The van der Waals surface area contributed by atoms with Crippen molar-refractivity contribution >= 4 is 21.8 Å². The maximum atomic E-state index is 13.3. The first kappa shape index (κ1) is 12.1. The van der Waals surface area contributed by atoms with Gasteiger partial charge in [0.15, 0.2) is 0 Å². The van der Waals surface area contributed by atoms with E-state index in [1.807, 2.05) is 0 Å². The number of amides is 1. The molecule has 5 heteroatoms. The molecule has 0 unspecified atom stereocenters. The van der Waals surface area contributed by atoms with Crippen LogP contribution in [0.5, 0.6) is 0 Å². The molecule has 2 N–H and O–H groups in total. The molecule has 1 atom stereocenters. The zero-order chi connectivity index (χ0) is 11.4. The first-order chi connectivity index (χ1) is 7.06. The van der Waals surface area contributed by atoms with E-state index in [0.29, 0.717) is 4.47 Å². The first-order valence-corrected chi connectivity index (χ1v) is 5.21. The van der Waals surface area contributed by atoms with Crippen molar-refractivity contribution in [1.29, 1.82) is 0 Å². The van der Waals surface area contributed by atoms with Crippen LogP contribution in [0.3, 0.4) is 0 Å². The van der Waals surface area contributed by atoms with E-state index in [1.54, 1.807) is 13.0 Å². The number of benzene rings is 1. The molecule has 0 radical (unpaired) electrons.